The number of ketones is 1. The van der Waals surface area contributed by atoms with E-state index in [2.05, 4.69) is 9.80 Å². The molecule has 1 aliphatic carbocycles. The van der Waals surface area contributed by atoms with Crippen LogP contribution in [0.15, 0.2) is 36.2 Å². The zero-order valence-corrected chi connectivity index (χ0v) is 8.47. The largest absolute Gasteiger partial charge is 0.356 e. The molecule has 0 aromatic carbocycles. The molecule has 1 aliphatic heterocycles. The van der Waals surface area contributed by atoms with Gasteiger partial charge >= 0.3 is 0 Å². The van der Waals surface area contributed by atoms with Gasteiger partial charge in [-0.05, 0) is 11.6 Å². The molecule has 0 N–H and O–H groups in total. The lowest BCUT2D eigenvalue weighted by Crippen LogP contribution is -2.36. The number of rotatable bonds is 1. The van der Waals surface area contributed by atoms with Crippen LogP contribution in [-0.4, -0.2) is 35.8 Å². The van der Waals surface area contributed by atoms with E-state index in [0.29, 0.717) is 6.42 Å². The quantitative estimate of drug-likeness (QED) is 0.619. The van der Waals surface area contributed by atoms with E-state index in [1.54, 1.807) is 6.08 Å². The van der Waals surface area contributed by atoms with E-state index >= 15 is 0 Å². The first-order valence-corrected chi connectivity index (χ1v) is 4.70. The van der Waals surface area contributed by atoms with Crippen molar-refractivity contribution < 1.29 is 4.79 Å². The average molecular weight is 190 g/mol. The summed E-state index contributed by atoms with van der Waals surface area (Å²) < 4.78 is 0. The van der Waals surface area contributed by atoms with Crippen molar-refractivity contribution in [2.75, 3.05) is 14.1 Å². The van der Waals surface area contributed by atoms with Crippen LogP contribution in [0.3, 0.4) is 0 Å². The Morgan fingerprint density at radius 2 is 1.93 bits per heavy atom. The number of likely N-dealkylation sites (N-methyl/N-ethyl adjacent to an activating group) is 2. The van der Waals surface area contributed by atoms with E-state index in [0.717, 1.165) is 5.57 Å². The zero-order chi connectivity index (χ0) is 10.1. The smallest absolute Gasteiger partial charge is 0.159 e. The molecule has 0 radical (unpaired) electrons. The van der Waals surface area contributed by atoms with Crippen LogP contribution in [0.5, 0.6) is 0 Å². The van der Waals surface area contributed by atoms with Gasteiger partial charge < -0.3 is 9.80 Å². The molecule has 0 aromatic rings. The highest BCUT2D eigenvalue weighted by molar-refractivity contribution is 5.93. The summed E-state index contributed by atoms with van der Waals surface area (Å²) in [6.45, 7) is 0. The highest BCUT2D eigenvalue weighted by atomic mass is 16.1. The van der Waals surface area contributed by atoms with Gasteiger partial charge in [-0.25, -0.2) is 0 Å². The molecule has 0 unspecified atom stereocenters. The summed E-state index contributed by atoms with van der Waals surface area (Å²) in [5.74, 6) is 0.191. The van der Waals surface area contributed by atoms with Gasteiger partial charge in [0, 0.05) is 32.9 Å². The normalized spacial score (nSPS) is 22.1. The van der Waals surface area contributed by atoms with Gasteiger partial charge in [0.2, 0.25) is 0 Å². The summed E-state index contributed by atoms with van der Waals surface area (Å²) in [6.07, 6.45) is 10.3. The molecule has 0 spiro atoms. The van der Waals surface area contributed by atoms with E-state index in [1.165, 1.54) is 0 Å². The van der Waals surface area contributed by atoms with Gasteiger partial charge in [0.05, 0.1) is 0 Å². The van der Waals surface area contributed by atoms with Crippen molar-refractivity contribution in [2.24, 2.45) is 0 Å². The number of hydrogen-bond donors (Lipinski definition) is 0. The van der Waals surface area contributed by atoms with E-state index in [1.807, 2.05) is 38.6 Å². The minimum atomic E-state index is 0.191. The van der Waals surface area contributed by atoms with Gasteiger partial charge in [-0.15, -0.1) is 0 Å². The highest BCUT2D eigenvalue weighted by Crippen LogP contribution is 2.23. The van der Waals surface area contributed by atoms with Gasteiger partial charge in [0.25, 0.3) is 0 Å². The fourth-order valence-electron chi connectivity index (χ4n) is 1.96. The van der Waals surface area contributed by atoms with Crippen molar-refractivity contribution in [1.29, 1.82) is 0 Å². The molecule has 1 heterocycles. The Morgan fingerprint density at radius 1 is 1.29 bits per heavy atom. The van der Waals surface area contributed by atoms with Gasteiger partial charge in [-0.3, -0.25) is 4.79 Å². The third-order valence-electron chi connectivity index (χ3n) is 2.61. The molecule has 2 rings (SSSR count). The van der Waals surface area contributed by atoms with Crippen LogP contribution >= 0.6 is 0 Å². The Balaban J connectivity index is 2.19. The second-order valence-corrected chi connectivity index (χ2v) is 3.75. The lowest BCUT2D eigenvalue weighted by Gasteiger charge is -2.30. The van der Waals surface area contributed by atoms with Crippen molar-refractivity contribution >= 4 is 5.78 Å². The fraction of sp³-hybridized carbons (Fsp3) is 0.364. The van der Waals surface area contributed by atoms with E-state index < -0.39 is 0 Å². The number of carbonyl (C=O) groups is 1. The Labute approximate surface area is 84.0 Å². The molecular weight excluding hydrogens is 176 g/mol. The molecule has 0 atom stereocenters. The number of hydrogen-bond acceptors (Lipinski definition) is 3. The second-order valence-electron chi connectivity index (χ2n) is 3.75. The lowest BCUT2D eigenvalue weighted by molar-refractivity contribution is -0.114. The Kier molecular flexibility index (Phi) is 2.15. The standard InChI is InChI=1S/C11H14N2O/c1-12-6-7-13(2)11(12)9-4-3-5-10(14)8-9/h3-7,11H,8H2,1-2H3. The van der Waals surface area contributed by atoms with Gasteiger partial charge in [0.1, 0.15) is 6.17 Å². The first-order valence-electron chi connectivity index (χ1n) is 4.70. The molecule has 0 saturated heterocycles. The van der Waals surface area contributed by atoms with Crippen LogP contribution < -0.4 is 0 Å². The molecule has 0 bridgehead atoms. The summed E-state index contributed by atoms with van der Waals surface area (Å²) in [5.41, 5.74) is 1.16. The predicted molar refractivity (Wildman–Crippen MR) is 55.3 cm³/mol. The Bertz CT molecular complexity index is 329. The highest BCUT2D eigenvalue weighted by Gasteiger charge is 2.26. The number of allylic oxidation sites excluding steroid dienone is 3. The minimum absolute atomic E-state index is 0.191. The number of nitrogens with zero attached hydrogens (tertiary/aromatic N) is 2. The van der Waals surface area contributed by atoms with Crippen molar-refractivity contribution in [3.05, 3.63) is 36.2 Å². The Morgan fingerprint density at radius 3 is 2.50 bits per heavy atom. The third kappa shape index (κ3) is 1.45. The maximum atomic E-state index is 11.3. The van der Waals surface area contributed by atoms with Crippen molar-refractivity contribution in [3.8, 4) is 0 Å². The zero-order valence-electron chi connectivity index (χ0n) is 8.47. The molecular formula is C11H14N2O. The summed E-state index contributed by atoms with van der Waals surface area (Å²) in [4.78, 5) is 15.5. The lowest BCUT2D eigenvalue weighted by atomic mass is 10.0. The molecule has 0 amide bonds. The first kappa shape index (κ1) is 9.06. The molecule has 0 aromatic heterocycles. The molecule has 14 heavy (non-hydrogen) atoms. The van der Waals surface area contributed by atoms with Gasteiger partial charge in [0.15, 0.2) is 5.78 Å². The monoisotopic (exact) mass is 190 g/mol. The molecule has 3 heteroatoms. The van der Waals surface area contributed by atoms with E-state index in [4.69, 9.17) is 0 Å². The predicted octanol–water partition coefficient (Wildman–Crippen LogP) is 1.12. The first-order chi connectivity index (χ1) is 6.68. The van der Waals surface area contributed by atoms with Gasteiger partial charge in [-0.2, -0.15) is 0 Å². The van der Waals surface area contributed by atoms with Crippen molar-refractivity contribution in [3.63, 3.8) is 0 Å². The van der Waals surface area contributed by atoms with Crippen LogP contribution in [0.25, 0.3) is 0 Å². The van der Waals surface area contributed by atoms with E-state index in [9.17, 15) is 4.79 Å². The van der Waals surface area contributed by atoms with Crippen LogP contribution in [0, 0.1) is 0 Å². The van der Waals surface area contributed by atoms with Crippen LogP contribution in [0.4, 0.5) is 0 Å². The van der Waals surface area contributed by atoms with Crippen molar-refractivity contribution in [1.82, 2.24) is 9.80 Å². The van der Waals surface area contributed by atoms with Gasteiger partial charge in [-0.1, -0.05) is 12.2 Å². The van der Waals surface area contributed by atoms with Crippen LogP contribution in [0.1, 0.15) is 6.42 Å². The Hall–Kier alpha value is -1.51. The van der Waals surface area contributed by atoms with E-state index in [-0.39, 0.29) is 11.9 Å². The fourth-order valence-corrected chi connectivity index (χ4v) is 1.96. The topological polar surface area (TPSA) is 23.6 Å². The SMILES string of the molecule is CN1C=CN(C)C1C1=CC=CC(=O)C1. The minimum Gasteiger partial charge on any atom is -0.356 e. The summed E-state index contributed by atoms with van der Waals surface area (Å²) in [6, 6.07) is 0. The van der Waals surface area contributed by atoms with Crippen LogP contribution in [-0.2, 0) is 4.79 Å². The average Bonchev–Trinajstić information content (AvgIpc) is 2.46. The third-order valence-corrected chi connectivity index (χ3v) is 2.61. The molecule has 0 fully saturated rings. The maximum absolute atomic E-state index is 11.3. The number of carbonyl (C=O) groups excluding carboxylic acids is 1. The van der Waals surface area contributed by atoms with Crippen molar-refractivity contribution in [2.45, 2.75) is 12.6 Å². The molecule has 3 nitrogen and oxygen atoms in total. The second kappa shape index (κ2) is 3.33. The summed E-state index contributed by atoms with van der Waals surface area (Å²) >= 11 is 0. The maximum Gasteiger partial charge on any atom is 0.159 e. The van der Waals surface area contributed by atoms with Crippen LogP contribution in [0.2, 0.25) is 0 Å². The summed E-state index contributed by atoms with van der Waals surface area (Å²) in [7, 11) is 4.04. The molecule has 2 aliphatic rings. The molecule has 0 saturated carbocycles. The molecule has 74 valence electrons. The summed E-state index contributed by atoms with van der Waals surface area (Å²) in [5, 5.41) is 0.